The Balaban J connectivity index is 1.42. The quantitative estimate of drug-likeness (QED) is 0.275. The number of fused-ring (bicyclic) bond motifs is 1. The Labute approximate surface area is 307 Å². The Morgan fingerprint density at radius 2 is 1.59 bits per heavy atom. The maximum Gasteiger partial charge on any atom is 0.426 e. The van der Waals surface area contributed by atoms with E-state index in [1.807, 2.05) is 6.07 Å². The van der Waals surface area contributed by atoms with E-state index in [9.17, 15) is 23.2 Å². The molecule has 0 bridgehead atoms. The Bertz CT molecular complexity index is 1890. The van der Waals surface area contributed by atoms with Crippen LogP contribution in [-0.4, -0.2) is 53.3 Å². The summed E-state index contributed by atoms with van der Waals surface area (Å²) in [6.45, 7) is 9.45. The summed E-state index contributed by atoms with van der Waals surface area (Å²) in [4.78, 5) is 47.4. The van der Waals surface area contributed by atoms with E-state index in [1.54, 1.807) is 53.7 Å². The summed E-state index contributed by atoms with van der Waals surface area (Å²) in [5.74, 6) is -4.33. The number of rotatable bonds is 5. The minimum absolute atomic E-state index is 0.0403. The van der Waals surface area contributed by atoms with Crippen LogP contribution in [0.25, 0.3) is 15.8 Å². The molecule has 1 aliphatic heterocycles. The third kappa shape index (κ3) is 8.37. The molecule has 274 valence electrons. The minimum Gasteiger partial charge on any atom is -0.443 e. The first-order chi connectivity index (χ1) is 23.7. The maximum absolute atomic E-state index is 16.7. The number of alkyl halides is 2. The van der Waals surface area contributed by atoms with Crippen molar-refractivity contribution in [3.63, 3.8) is 0 Å². The summed E-state index contributed by atoms with van der Waals surface area (Å²) in [6.07, 6.45) is 4.32. The second-order valence-electron chi connectivity index (χ2n) is 15.6. The van der Waals surface area contributed by atoms with Gasteiger partial charge < -0.3 is 19.7 Å². The van der Waals surface area contributed by atoms with Crippen LogP contribution in [0.15, 0.2) is 34.8 Å². The number of hydrogen-bond donors (Lipinski definition) is 1. The Hall–Kier alpha value is -3.65. The summed E-state index contributed by atoms with van der Waals surface area (Å²) >= 11 is 4.40. The monoisotopic (exact) mass is 790 g/mol. The van der Waals surface area contributed by atoms with Crippen LogP contribution in [0, 0.1) is 11.2 Å². The lowest BCUT2D eigenvalue weighted by molar-refractivity contribution is -0.0221. The van der Waals surface area contributed by atoms with Crippen LogP contribution in [0.5, 0.6) is 0 Å². The van der Waals surface area contributed by atoms with Crippen molar-refractivity contribution in [2.75, 3.05) is 28.2 Å². The van der Waals surface area contributed by atoms with Gasteiger partial charge in [0.25, 0.3) is 11.8 Å². The number of aromatic nitrogens is 1. The molecule has 2 heterocycles. The molecule has 2 aliphatic carbocycles. The number of ether oxygens (including phenoxy) is 2. The summed E-state index contributed by atoms with van der Waals surface area (Å²) in [6, 6.07) is 6.71. The van der Waals surface area contributed by atoms with Gasteiger partial charge in [-0.15, -0.1) is 0 Å². The van der Waals surface area contributed by atoms with E-state index in [-0.39, 0.29) is 35.1 Å². The van der Waals surface area contributed by atoms with Gasteiger partial charge in [0.05, 0.1) is 10.4 Å². The van der Waals surface area contributed by atoms with Gasteiger partial charge in [-0.2, -0.15) is 4.90 Å². The van der Waals surface area contributed by atoms with Gasteiger partial charge in [0.2, 0.25) is 5.13 Å². The summed E-state index contributed by atoms with van der Waals surface area (Å²) in [7, 11) is 0. The van der Waals surface area contributed by atoms with Crippen LogP contribution in [0.3, 0.4) is 0 Å². The van der Waals surface area contributed by atoms with Gasteiger partial charge in [0.15, 0.2) is 5.82 Å². The topological polar surface area (TPSA) is 101 Å². The number of anilines is 3. The van der Waals surface area contributed by atoms with Crippen LogP contribution in [-0.2, 0) is 9.47 Å². The lowest BCUT2D eigenvalue weighted by Gasteiger charge is -2.34. The Morgan fingerprint density at radius 3 is 2.14 bits per heavy atom. The van der Waals surface area contributed by atoms with Gasteiger partial charge in [-0.25, -0.2) is 27.7 Å². The average Bonchev–Trinajstić information content (AvgIpc) is 3.63. The summed E-state index contributed by atoms with van der Waals surface area (Å²) in [5, 5.41) is 2.57. The van der Waals surface area contributed by atoms with Crippen molar-refractivity contribution in [1.29, 1.82) is 0 Å². The van der Waals surface area contributed by atoms with Crippen molar-refractivity contribution >= 4 is 77.7 Å². The van der Waals surface area contributed by atoms with Gasteiger partial charge in [-0.1, -0.05) is 33.3 Å². The molecule has 1 aromatic heterocycles. The number of nitrogens with one attached hydrogen (secondary N) is 1. The fourth-order valence-electron chi connectivity index (χ4n) is 6.38. The van der Waals surface area contributed by atoms with Gasteiger partial charge >= 0.3 is 12.2 Å². The van der Waals surface area contributed by atoms with E-state index in [4.69, 9.17) is 9.47 Å². The molecule has 1 N–H and O–H groups in total. The second kappa shape index (κ2) is 13.4. The fourth-order valence-corrected chi connectivity index (χ4v) is 7.73. The molecule has 0 radical (unpaired) electrons. The van der Waals surface area contributed by atoms with Crippen LogP contribution in [0.4, 0.5) is 39.3 Å². The zero-order chi connectivity index (χ0) is 37.1. The molecule has 9 nitrogen and oxygen atoms in total. The average molecular weight is 792 g/mol. The predicted octanol–water partition coefficient (Wildman–Crippen LogP) is 10.7. The zero-order valence-corrected chi connectivity index (χ0v) is 32.0. The molecule has 1 saturated carbocycles. The van der Waals surface area contributed by atoms with Crippen LogP contribution < -0.4 is 15.1 Å². The third-order valence-electron chi connectivity index (χ3n) is 9.22. The highest BCUT2D eigenvalue weighted by atomic mass is 79.9. The maximum atomic E-state index is 16.7. The Kier molecular flexibility index (Phi) is 9.75. The number of nitrogens with zero attached hydrogens (tertiary/aromatic N) is 3. The number of benzene rings is 2. The van der Waals surface area contributed by atoms with E-state index in [2.05, 4.69) is 32.3 Å². The largest absolute Gasteiger partial charge is 0.443 e. The van der Waals surface area contributed by atoms with Crippen molar-refractivity contribution < 1.29 is 37.0 Å². The molecule has 1 spiro atoms. The molecule has 3 amide bonds. The van der Waals surface area contributed by atoms with Crippen molar-refractivity contribution in [3.05, 3.63) is 51.8 Å². The first-order valence-corrected chi connectivity index (χ1v) is 18.7. The van der Waals surface area contributed by atoms with Crippen LogP contribution in [0.2, 0.25) is 0 Å². The van der Waals surface area contributed by atoms with E-state index >= 15 is 4.39 Å². The predicted molar refractivity (Wildman–Crippen MR) is 197 cm³/mol. The molecule has 51 heavy (non-hydrogen) atoms. The van der Waals surface area contributed by atoms with Crippen LogP contribution in [0.1, 0.15) is 102 Å². The number of piperidine rings is 1. The molecular weight excluding hydrogens is 749 g/mol. The van der Waals surface area contributed by atoms with Crippen molar-refractivity contribution in [2.45, 2.75) is 104 Å². The molecule has 6 rings (SSSR count). The lowest BCUT2D eigenvalue weighted by atomic mass is 9.83. The number of hydrogen-bond acceptors (Lipinski definition) is 8. The normalized spacial score (nSPS) is 18.3. The number of amides is 3. The molecule has 0 atom stereocenters. The van der Waals surface area contributed by atoms with Crippen LogP contribution >= 0.6 is 27.3 Å². The molecule has 2 aromatic carbocycles. The first-order valence-electron chi connectivity index (χ1n) is 17.1. The van der Waals surface area contributed by atoms with Crippen molar-refractivity contribution in [2.24, 2.45) is 5.41 Å². The van der Waals surface area contributed by atoms with Gasteiger partial charge in [-0.3, -0.25) is 4.79 Å². The highest BCUT2D eigenvalue weighted by Crippen LogP contribution is 2.56. The second-order valence-corrected chi connectivity index (χ2v) is 17.6. The molecular formula is C37H42BrF3N4O5S. The van der Waals surface area contributed by atoms with E-state index in [1.165, 1.54) is 23.8 Å². The van der Waals surface area contributed by atoms with Gasteiger partial charge in [0.1, 0.15) is 22.4 Å². The smallest absolute Gasteiger partial charge is 0.426 e. The minimum atomic E-state index is -2.92. The SMILES string of the molecule is CC(C)(C)OC(=O)N(C(=O)OC(C)(C)C)c1nc2c(N3CCC(F)(F)CC3)c(F)c(NC(=O)c3ccc(Br)cc3C3=CCC4(CC3)CC4)cc2s1. The molecule has 1 saturated heterocycles. The molecule has 3 aromatic rings. The lowest BCUT2D eigenvalue weighted by Crippen LogP contribution is -2.43. The van der Waals surface area contributed by atoms with Crippen molar-refractivity contribution in [1.82, 2.24) is 4.98 Å². The van der Waals surface area contributed by atoms with E-state index in [0.717, 1.165) is 46.2 Å². The highest BCUT2D eigenvalue weighted by molar-refractivity contribution is 9.10. The first kappa shape index (κ1) is 37.1. The number of thiazole rings is 1. The number of halogens is 4. The van der Waals surface area contributed by atoms with E-state index in [0.29, 0.717) is 20.6 Å². The zero-order valence-electron chi connectivity index (χ0n) is 29.6. The molecule has 2 fully saturated rings. The summed E-state index contributed by atoms with van der Waals surface area (Å²) in [5.41, 5.74) is 0.320. The molecule has 3 aliphatic rings. The standard InChI is InChI=1S/C37H42BrF3N4O5S/c1-34(2,3)49-32(47)45(33(48)50-35(4,5)6)31-43-28-26(51-31)20-25(27(39)29(28)44-17-15-37(40,41)16-18-44)42-30(46)23-8-7-22(38)19-24(23)21-9-11-36(12-10-21)13-14-36/h7-9,19-20H,10-18H2,1-6H3,(H,42,46). The summed E-state index contributed by atoms with van der Waals surface area (Å²) < 4.78 is 57.4. The van der Waals surface area contributed by atoms with Gasteiger partial charge in [0, 0.05) is 36.0 Å². The number of allylic oxidation sites excluding steroid dienone is 2. The van der Waals surface area contributed by atoms with E-state index < -0.39 is 53.9 Å². The van der Waals surface area contributed by atoms with Gasteiger partial charge in [-0.05, 0) is 114 Å². The third-order valence-corrected chi connectivity index (χ3v) is 10.7. The number of carbonyl (C=O) groups excluding carboxylic acids is 3. The molecule has 14 heteroatoms. The fraction of sp³-hybridized carbons (Fsp3) is 0.514. The van der Waals surface area contributed by atoms with Crippen molar-refractivity contribution in [3.8, 4) is 0 Å². The highest BCUT2D eigenvalue weighted by Gasteiger charge is 2.43. The Morgan fingerprint density at radius 1 is 0.961 bits per heavy atom. The number of carbonyl (C=O) groups is 3. The molecule has 0 unspecified atom stereocenters. The number of imide groups is 1.